The molecule has 0 unspecified atom stereocenters. The molecule has 0 spiro atoms. The second-order valence-corrected chi connectivity index (χ2v) is 7.58. The molecule has 2 aromatic heterocycles. The van der Waals surface area contributed by atoms with Crippen LogP contribution in [0.25, 0.3) is 0 Å². The fourth-order valence-electron chi connectivity index (χ4n) is 2.34. The van der Waals surface area contributed by atoms with Crippen molar-refractivity contribution in [2.24, 2.45) is 10.9 Å². The van der Waals surface area contributed by atoms with Crippen molar-refractivity contribution in [2.75, 3.05) is 13.2 Å². The Kier molecular flexibility index (Phi) is 9.26. The molecule has 6 nitrogen and oxygen atoms in total. The van der Waals surface area contributed by atoms with Crippen LogP contribution < -0.4 is 15.4 Å². The first-order valence-corrected chi connectivity index (χ1v) is 10.1. The fraction of sp³-hybridized carbons (Fsp3) is 0.526. The highest BCUT2D eigenvalue weighted by Gasteiger charge is 2.21. The zero-order valence-electron chi connectivity index (χ0n) is 15.9. The van der Waals surface area contributed by atoms with E-state index in [9.17, 15) is 0 Å². The molecule has 3 rings (SSSR count). The van der Waals surface area contributed by atoms with Crippen LogP contribution >= 0.6 is 35.3 Å². The van der Waals surface area contributed by atoms with Gasteiger partial charge in [0.25, 0.3) is 0 Å². The number of hydrogen-bond donors (Lipinski definition) is 2. The molecule has 1 fully saturated rings. The van der Waals surface area contributed by atoms with Crippen molar-refractivity contribution in [2.45, 2.75) is 46.2 Å². The minimum atomic E-state index is 0. The van der Waals surface area contributed by atoms with Crippen molar-refractivity contribution in [3.8, 4) is 5.88 Å². The average Bonchev–Trinajstić information content (AvgIpc) is 3.39. The largest absolute Gasteiger partial charge is 0.477 e. The van der Waals surface area contributed by atoms with Gasteiger partial charge in [0.15, 0.2) is 5.96 Å². The van der Waals surface area contributed by atoms with Gasteiger partial charge >= 0.3 is 0 Å². The molecular formula is C19H28IN5OS. The number of guanidine groups is 1. The first kappa shape index (κ1) is 21.9. The second kappa shape index (κ2) is 11.4. The van der Waals surface area contributed by atoms with Crippen LogP contribution in [0.3, 0.4) is 0 Å². The molecule has 1 aliphatic carbocycles. The number of thiazole rings is 1. The number of nitrogens with one attached hydrogen (secondary N) is 2. The van der Waals surface area contributed by atoms with E-state index < -0.39 is 0 Å². The maximum atomic E-state index is 5.67. The molecule has 0 saturated heterocycles. The lowest BCUT2D eigenvalue weighted by molar-refractivity contribution is 0.288. The second-order valence-electron chi connectivity index (χ2n) is 6.38. The van der Waals surface area contributed by atoms with Gasteiger partial charge in [0.05, 0.1) is 19.7 Å². The third-order valence-corrected chi connectivity index (χ3v) is 5.22. The smallest absolute Gasteiger partial charge is 0.213 e. The molecule has 148 valence electrons. The Morgan fingerprint density at radius 1 is 1.22 bits per heavy atom. The Labute approximate surface area is 182 Å². The molecular weight excluding hydrogens is 473 g/mol. The highest BCUT2D eigenvalue weighted by Crippen LogP contribution is 2.29. The summed E-state index contributed by atoms with van der Waals surface area (Å²) in [6, 6.07) is 3.95. The van der Waals surface area contributed by atoms with Gasteiger partial charge in [0, 0.05) is 29.9 Å². The van der Waals surface area contributed by atoms with E-state index in [1.54, 1.807) is 11.3 Å². The van der Waals surface area contributed by atoms with Crippen LogP contribution in [-0.2, 0) is 19.5 Å². The maximum absolute atomic E-state index is 5.67. The number of aliphatic imine (C=N–C) groups is 1. The summed E-state index contributed by atoms with van der Waals surface area (Å²) in [5.74, 6) is 2.22. The number of aryl methyl sites for hydroxylation is 1. The predicted molar refractivity (Wildman–Crippen MR) is 121 cm³/mol. The number of aromatic nitrogens is 2. The molecule has 0 aromatic carbocycles. The molecule has 2 heterocycles. The van der Waals surface area contributed by atoms with E-state index in [-0.39, 0.29) is 24.0 Å². The maximum Gasteiger partial charge on any atom is 0.213 e. The van der Waals surface area contributed by atoms with Gasteiger partial charge in [0.1, 0.15) is 5.01 Å². The van der Waals surface area contributed by atoms with Crippen LogP contribution in [0.2, 0.25) is 0 Å². The van der Waals surface area contributed by atoms with E-state index in [4.69, 9.17) is 4.74 Å². The molecule has 1 saturated carbocycles. The first-order chi connectivity index (χ1) is 12.8. The summed E-state index contributed by atoms with van der Waals surface area (Å²) in [5.41, 5.74) is 1.06. The van der Waals surface area contributed by atoms with Gasteiger partial charge in [-0.15, -0.1) is 35.3 Å². The van der Waals surface area contributed by atoms with E-state index in [0.717, 1.165) is 42.0 Å². The lowest BCUT2D eigenvalue weighted by Crippen LogP contribution is -2.36. The predicted octanol–water partition coefficient (Wildman–Crippen LogP) is 3.76. The van der Waals surface area contributed by atoms with Crippen LogP contribution in [0, 0.1) is 5.92 Å². The van der Waals surface area contributed by atoms with E-state index in [0.29, 0.717) is 19.0 Å². The number of halogens is 1. The first-order valence-electron chi connectivity index (χ1n) is 9.30. The Hall–Kier alpha value is -1.42. The van der Waals surface area contributed by atoms with Gasteiger partial charge in [-0.2, -0.15) is 0 Å². The summed E-state index contributed by atoms with van der Waals surface area (Å²) in [4.78, 5) is 14.7. The van der Waals surface area contributed by atoms with E-state index in [1.807, 2.05) is 24.5 Å². The molecule has 1 aliphatic rings. The van der Waals surface area contributed by atoms with Crippen LogP contribution in [0.5, 0.6) is 5.88 Å². The Bertz CT molecular complexity index is 715. The molecule has 2 aromatic rings. The number of nitrogens with zero attached hydrogens (tertiary/aromatic N) is 3. The topological polar surface area (TPSA) is 71.4 Å². The van der Waals surface area contributed by atoms with Crippen molar-refractivity contribution < 1.29 is 4.74 Å². The van der Waals surface area contributed by atoms with Crippen molar-refractivity contribution in [3.63, 3.8) is 0 Å². The van der Waals surface area contributed by atoms with Crippen molar-refractivity contribution >= 4 is 41.3 Å². The van der Waals surface area contributed by atoms with Gasteiger partial charge in [-0.25, -0.2) is 15.0 Å². The summed E-state index contributed by atoms with van der Waals surface area (Å²) < 4.78 is 5.67. The Morgan fingerprint density at radius 3 is 2.70 bits per heavy atom. The minimum Gasteiger partial charge on any atom is -0.477 e. The monoisotopic (exact) mass is 501 g/mol. The summed E-state index contributed by atoms with van der Waals surface area (Å²) >= 11 is 1.74. The third-order valence-electron chi connectivity index (χ3n) is 4.08. The number of hydrogen-bond acceptors (Lipinski definition) is 5. The van der Waals surface area contributed by atoms with Gasteiger partial charge in [0.2, 0.25) is 5.88 Å². The Balaban J connectivity index is 0.00000261. The average molecular weight is 501 g/mol. The molecule has 8 heteroatoms. The third kappa shape index (κ3) is 7.61. The number of pyridine rings is 1. The zero-order valence-corrected chi connectivity index (χ0v) is 19.0. The normalized spacial score (nSPS) is 13.8. The highest BCUT2D eigenvalue weighted by atomic mass is 127. The molecule has 0 amide bonds. The molecule has 27 heavy (non-hydrogen) atoms. The summed E-state index contributed by atoms with van der Waals surface area (Å²) in [7, 11) is 0. The molecule has 2 N–H and O–H groups in total. The van der Waals surface area contributed by atoms with Crippen LogP contribution in [0.15, 0.2) is 29.5 Å². The minimum absolute atomic E-state index is 0. The highest BCUT2D eigenvalue weighted by molar-refractivity contribution is 14.0. The standard InChI is InChI=1S/C19H27N5OS.HI/c1-3-16-11-22-18(26-16)12-24-19(20-4-2)23-10-15-7-8-17(21-9-15)25-13-14-5-6-14;/h7-9,11,14H,3-6,10,12-13H2,1-2H3,(H2,20,23,24);1H. The number of ether oxygens (including phenoxy) is 1. The SMILES string of the molecule is CCNC(=NCc1ccc(OCC2CC2)nc1)NCc1ncc(CC)s1.I. The molecule has 0 atom stereocenters. The van der Waals surface area contributed by atoms with Crippen LogP contribution in [0.1, 0.15) is 42.1 Å². The molecule has 0 bridgehead atoms. The van der Waals surface area contributed by atoms with Gasteiger partial charge in [-0.05, 0) is 37.7 Å². The molecule has 0 aliphatic heterocycles. The van der Waals surface area contributed by atoms with Gasteiger partial charge in [-0.1, -0.05) is 13.0 Å². The summed E-state index contributed by atoms with van der Waals surface area (Å²) in [5, 5.41) is 7.68. The van der Waals surface area contributed by atoms with Gasteiger partial charge in [-0.3, -0.25) is 0 Å². The fourth-order valence-corrected chi connectivity index (χ4v) is 3.14. The quantitative estimate of drug-likeness (QED) is 0.311. The van der Waals surface area contributed by atoms with Crippen molar-refractivity contribution in [3.05, 3.63) is 40.0 Å². The summed E-state index contributed by atoms with van der Waals surface area (Å²) in [6.45, 7) is 7.06. The molecule has 0 radical (unpaired) electrons. The van der Waals surface area contributed by atoms with E-state index >= 15 is 0 Å². The number of rotatable bonds is 9. The lowest BCUT2D eigenvalue weighted by Gasteiger charge is -2.10. The lowest BCUT2D eigenvalue weighted by atomic mass is 10.3. The van der Waals surface area contributed by atoms with Crippen LogP contribution in [-0.4, -0.2) is 29.1 Å². The van der Waals surface area contributed by atoms with E-state index in [1.165, 1.54) is 17.7 Å². The summed E-state index contributed by atoms with van der Waals surface area (Å²) in [6.07, 6.45) is 7.38. The van der Waals surface area contributed by atoms with Gasteiger partial charge < -0.3 is 15.4 Å². The van der Waals surface area contributed by atoms with Crippen molar-refractivity contribution in [1.82, 2.24) is 20.6 Å². The zero-order chi connectivity index (χ0) is 18.2. The van der Waals surface area contributed by atoms with Crippen LogP contribution in [0.4, 0.5) is 0 Å². The Morgan fingerprint density at radius 2 is 2.07 bits per heavy atom. The van der Waals surface area contributed by atoms with Crippen molar-refractivity contribution in [1.29, 1.82) is 0 Å². The van der Waals surface area contributed by atoms with E-state index in [2.05, 4.69) is 39.4 Å².